The zero-order chi connectivity index (χ0) is 16.9. The number of amides is 1. The van der Waals surface area contributed by atoms with Crippen LogP contribution < -0.4 is 14.8 Å². The van der Waals surface area contributed by atoms with Crippen molar-refractivity contribution in [3.63, 3.8) is 0 Å². The molecule has 0 bridgehead atoms. The Morgan fingerprint density at radius 3 is 2.58 bits per heavy atom. The minimum absolute atomic E-state index is 0.190. The third-order valence-corrected chi connectivity index (χ3v) is 5.13. The molecule has 3 aromatic rings. The SMILES string of the molecule is COc1ccccc1OCCNC(=O)c1sc2ccccc2c1Cl. The van der Waals surface area contributed by atoms with E-state index in [1.165, 1.54) is 11.3 Å². The van der Waals surface area contributed by atoms with Gasteiger partial charge in [-0.1, -0.05) is 41.9 Å². The quantitative estimate of drug-likeness (QED) is 0.663. The first-order valence-electron chi connectivity index (χ1n) is 7.41. The minimum Gasteiger partial charge on any atom is -0.493 e. The van der Waals surface area contributed by atoms with Crippen molar-refractivity contribution in [1.29, 1.82) is 0 Å². The van der Waals surface area contributed by atoms with Gasteiger partial charge in [0.05, 0.1) is 18.7 Å². The monoisotopic (exact) mass is 361 g/mol. The van der Waals surface area contributed by atoms with Gasteiger partial charge in [-0.25, -0.2) is 0 Å². The third kappa shape index (κ3) is 3.47. The van der Waals surface area contributed by atoms with Crippen LogP contribution >= 0.6 is 22.9 Å². The third-order valence-electron chi connectivity index (χ3n) is 3.46. The molecule has 124 valence electrons. The number of ether oxygens (including phenoxy) is 2. The van der Waals surface area contributed by atoms with Crippen LogP contribution in [0.3, 0.4) is 0 Å². The van der Waals surface area contributed by atoms with Crippen molar-refractivity contribution in [2.75, 3.05) is 20.3 Å². The predicted molar refractivity (Wildman–Crippen MR) is 97.7 cm³/mol. The molecular formula is C18H16ClNO3S. The summed E-state index contributed by atoms with van der Waals surface area (Å²) < 4.78 is 11.8. The minimum atomic E-state index is -0.190. The summed E-state index contributed by atoms with van der Waals surface area (Å²) in [5.41, 5.74) is 0. The molecule has 0 aliphatic heterocycles. The highest BCUT2D eigenvalue weighted by Crippen LogP contribution is 2.34. The average molecular weight is 362 g/mol. The maximum atomic E-state index is 12.3. The standard InChI is InChI=1S/C18H16ClNO3S/c1-22-13-7-3-4-8-14(13)23-11-10-20-18(21)17-16(19)12-6-2-5-9-15(12)24-17/h2-9H,10-11H2,1H3,(H,20,21). The molecule has 2 aromatic carbocycles. The molecular weight excluding hydrogens is 346 g/mol. The first kappa shape index (κ1) is 16.6. The summed E-state index contributed by atoms with van der Waals surface area (Å²) in [4.78, 5) is 12.8. The van der Waals surface area contributed by atoms with Gasteiger partial charge in [-0.3, -0.25) is 4.79 Å². The molecule has 0 aliphatic carbocycles. The van der Waals surface area contributed by atoms with E-state index in [9.17, 15) is 4.79 Å². The molecule has 4 nitrogen and oxygen atoms in total. The first-order chi connectivity index (χ1) is 11.7. The summed E-state index contributed by atoms with van der Waals surface area (Å²) in [6.45, 7) is 0.718. The van der Waals surface area contributed by atoms with Gasteiger partial charge in [0.15, 0.2) is 11.5 Å². The van der Waals surface area contributed by atoms with Crippen LogP contribution in [0, 0.1) is 0 Å². The second-order valence-electron chi connectivity index (χ2n) is 5.00. The lowest BCUT2D eigenvalue weighted by Crippen LogP contribution is -2.27. The molecule has 0 fully saturated rings. The number of hydrogen-bond donors (Lipinski definition) is 1. The van der Waals surface area contributed by atoms with Gasteiger partial charge in [0.1, 0.15) is 11.5 Å². The molecule has 0 atom stereocenters. The number of nitrogens with one attached hydrogen (secondary N) is 1. The molecule has 24 heavy (non-hydrogen) atoms. The van der Waals surface area contributed by atoms with Crippen LogP contribution in [0.4, 0.5) is 0 Å². The van der Waals surface area contributed by atoms with Gasteiger partial charge in [-0.05, 0) is 18.2 Å². The number of para-hydroxylation sites is 2. The number of benzene rings is 2. The fourth-order valence-corrected chi connectivity index (χ4v) is 3.74. The summed E-state index contributed by atoms with van der Waals surface area (Å²) in [5.74, 6) is 1.12. The largest absolute Gasteiger partial charge is 0.493 e. The Morgan fingerprint density at radius 2 is 1.83 bits per heavy atom. The molecule has 6 heteroatoms. The zero-order valence-electron chi connectivity index (χ0n) is 13.0. The van der Waals surface area contributed by atoms with Crippen LogP contribution in [-0.4, -0.2) is 26.2 Å². The summed E-state index contributed by atoms with van der Waals surface area (Å²) in [6.07, 6.45) is 0. The molecule has 1 heterocycles. The summed E-state index contributed by atoms with van der Waals surface area (Å²) in [6, 6.07) is 15.1. The van der Waals surface area contributed by atoms with Crippen molar-refractivity contribution < 1.29 is 14.3 Å². The van der Waals surface area contributed by atoms with Crippen LogP contribution in [0.25, 0.3) is 10.1 Å². The highest BCUT2D eigenvalue weighted by molar-refractivity contribution is 7.21. The summed E-state index contributed by atoms with van der Waals surface area (Å²) in [7, 11) is 1.59. The Kier molecular flexibility index (Phi) is 5.23. The van der Waals surface area contributed by atoms with E-state index in [2.05, 4.69) is 5.32 Å². The van der Waals surface area contributed by atoms with Crippen LogP contribution in [0.5, 0.6) is 11.5 Å². The van der Waals surface area contributed by atoms with Crippen molar-refractivity contribution >= 4 is 38.9 Å². The molecule has 1 amide bonds. The predicted octanol–water partition coefficient (Wildman–Crippen LogP) is 4.37. The molecule has 1 N–H and O–H groups in total. The molecule has 0 unspecified atom stereocenters. The fraction of sp³-hybridized carbons (Fsp3) is 0.167. The Morgan fingerprint density at radius 1 is 1.12 bits per heavy atom. The summed E-state index contributed by atoms with van der Waals surface area (Å²) >= 11 is 7.69. The van der Waals surface area contributed by atoms with E-state index >= 15 is 0 Å². The van der Waals surface area contributed by atoms with Crippen molar-refractivity contribution in [1.82, 2.24) is 5.32 Å². The van der Waals surface area contributed by atoms with Crippen LogP contribution in [0.1, 0.15) is 9.67 Å². The van der Waals surface area contributed by atoms with Gasteiger partial charge < -0.3 is 14.8 Å². The summed E-state index contributed by atoms with van der Waals surface area (Å²) in [5, 5.41) is 4.23. The number of carbonyl (C=O) groups excluding carboxylic acids is 1. The van der Waals surface area contributed by atoms with E-state index in [0.717, 1.165) is 10.1 Å². The second kappa shape index (κ2) is 7.55. The van der Waals surface area contributed by atoms with Crippen molar-refractivity contribution in [2.45, 2.75) is 0 Å². The van der Waals surface area contributed by atoms with Gasteiger partial charge in [0.2, 0.25) is 0 Å². The number of methoxy groups -OCH3 is 1. The molecule has 0 saturated carbocycles. The Hall–Kier alpha value is -2.24. The number of hydrogen-bond acceptors (Lipinski definition) is 4. The molecule has 0 radical (unpaired) electrons. The highest BCUT2D eigenvalue weighted by atomic mass is 35.5. The molecule has 1 aromatic heterocycles. The second-order valence-corrected chi connectivity index (χ2v) is 6.43. The van der Waals surface area contributed by atoms with Crippen molar-refractivity contribution in [3.8, 4) is 11.5 Å². The lowest BCUT2D eigenvalue weighted by atomic mass is 10.2. The van der Waals surface area contributed by atoms with E-state index < -0.39 is 0 Å². The van der Waals surface area contributed by atoms with Crippen LogP contribution in [0.15, 0.2) is 48.5 Å². The van der Waals surface area contributed by atoms with Gasteiger partial charge in [-0.2, -0.15) is 0 Å². The van der Waals surface area contributed by atoms with Gasteiger partial charge >= 0.3 is 0 Å². The fourth-order valence-electron chi connectivity index (χ4n) is 2.30. The Bertz CT molecular complexity index is 862. The molecule has 0 spiro atoms. The number of halogens is 1. The average Bonchev–Trinajstić information content (AvgIpc) is 2.96. The Labute approximate surface area is 149 Å². The van der Waals surface area contributed by atoms with E-state index in [4.69, 9.17) is 21.1 Å². The lowest BCUT2D eigenvalue weighted by molar-refractivity contribution is 0.0951. The maximum Gasteiger partial charge on any atom is 0.263 e. The normalized spacial score (nSPS) is 10.6. The van der Waals surface area contributed by atoms with E-state index in [1.807, 2.05) is 48.5 Å². The maximum absolute atomic E-state index is 12.3. The number of fused-ring (bicyclic) bond motifs is 1. The Balaban J connectivity index is 1.58. The molecule has 0 aliphatic rings. The highest BCUT2D eigenvalue weighted by Gasteiger charge is 2.16. The van der Waals surface area contributed by atoms with E-state index in [-0.39, 0.29) is 5.91 Å². The van der Waals surface area contributed by atoms with Gasteiger partial charge in [0, 0.05) is 10.1 Å². The van der Waals surface area contributed by atoms with Crippen LogP contribution in [-0.2, 0) is 0 Å². The topological polar surface area (TPSA) is 47.6 Å². The number of rotatable bonds is 6. The van der Waals surface area contributed by atoms with Gasteiger partial charge in [-0.15, -0.1) is 11.3 Å². The van der Waals surface area contributed by atoms with Crippen molar-refractivity contribution in [2.24, 2.45) is 0 Å². The first-order valence-corrected chi connectivity index (χ1v) is 8.61. The molecule has 0 saturated heterocycles. The number of thiophene rings is 1. The lowest BCUT2D eigenvalue weighted by Gasteiger charge is -2.10. The van der Waals surface area contributed by atoms with E-state index in [0.29, 0.717) is 34.6 Å². The smallest absolute Gasteiger partial charge is 0.263 e. The van der Waals surface area contributed by atoms with Gasteiger partial charge in [0.25, 0.3) is 5.91 Å². The molecule has 3 rings (SSSR count). The van der Waals surface area contributed by atoms with Crippen molar-refractivity contribution in [3.05, 3.63) is 58.4 Å². The zero-order valence-corrected chi connectivity index (χ0v) is 14.6. The number of carbonyl (C=O) groups is 1. The van der Waals surface area contributed by atoms with E-state index in [1.54, 1.807) is 7.11 Å². The van der Waals surface area contributed by atoms with Crippen LogP contribution in [0.2, 0.25) is 5.02 Å².